The van der Waals surface area contributed by atoms with Crippen molar-refractivity contribution in [3.63, 3.8) is 0 Å². The fourth-order valence-electron chi connectivity index (χ4n) is 6.96. The van der Waals surface area contributed by atoms with Crippen LogP contribution in [0.2, 0.25) is 0 Å². The van der Waals surface area contributed by atoms with Crippen molar-refractivity contribution in [2.45, 2.75) is 0 Å². The van der Waals surface area contributed by atoms with E-state index in [0.29, 0.717) is 0 Å². The van der Waals surface area contributed by atoms with Gasteiger partial charge in [0.15, 0.2) is 0 Å². The molecule has 9 rings (SSSR count). The molecular weight excluding hydrogens is 583 g/mol. The second-order valence-electron chi connectivity index (χ2n) is 12.2. The maximum Gasteiger partial charge on any atom is 0.136 e. The van der Waals surface area contributed by atoms with Gasteiger partial charge >= 0.3 is 0 Å². The normalized spacial score (nSPS) is 11.3. The van der Waals surface area contributed by atoms with Crippen LogP contribution in [0.25, 0.3) is 66.1 Å². The number of para-hydroxylation sites is 2. The van der Waals surface area contributed by atoms with Crippen molar-refractivity contribution in [1.29, 1.82) is 0 Å². The van der Waals surface area contributed by atoms with E-state index in [0.717, 1.165) is 33.6 Å². The summed E-state index contributed by atoms with van der Waals surface area (Å²) in [5.74, 6) is 0. The van der Waals surface area contributed by atoms with Gasteiger partial charge in [-0.3, -0.25) is 0 Å². The van der Waals surface area contributed by atoms with E-state index in [1.807, 2.05) is 12.1 Å². The first-order valence-electron chi connectivity index (χ1n) is 16.3. The molecule has 0 saturated carbocycles. The van der Waals surface area contributed by atoms with Crippen molar-refractivity contribution in [2.75, 3.05) is 4.90 Å². The molecular formula is C46H31NO. The summed E-state index contributed by atoms with van der Waals surface area (Å²) in [4.78, 5) is 2.34. The molecule has 0 fully saturated rings. The summed E-state index contributed by atoms with van der Waals surface area (Å²) < 4.78 is 6.19. The molecule has 0 atom stereocenters. The van der Waals surface area contributed by atoms with Gasteiger partial charge in [-0.1, -0.05) is 133 Å². The Morgan fingerprint density at radius 1 is 0.333 bits per heavy atom. The first kappa shape index (κ1) is 27.9. The Bertz CT molecular complexity index is 2530. The second kappa shape index (κ2) is 11.8. The van der Waals surface area contributed by atoms with E-state index in [1.54, 1.807) is 0 Å². The van der Waals surface area contributed by atoms with Gasteiger partial charge in [-0.2, -0.15) is 0 Å². The van der Waals surface area contributed by atoms with E-state index < -0.39 is 0 Å². The number of furan rings is 1. The molecule has 8 aromatic carbocycles. The molecule has 2 heteroatoms. The van der Waals surface area contributed by atoms with E-state index in [4.69, 9.17) is 4.42 Å². The largest absolute Gasteiger partial charge is 0.456 e. The van der Waals surface area contributed by atoms with Crippen LogP contribution < -0.4 is 4.90 Å². The van der Waals surface area contributed by atoms with Gasteiger partial charge in [0.25, 0.3) is 0 Å². The van der Waals surface area contributed by atoms with Gasteiger partial charge in [0.2, 0.25) is 0 Å². The predicted molar refractivity (Wildman–Crippen MR) is 202 cm³/mol. The molecule has 2 nitrogen and oxygen atoms in total. The predicted octanol–water partition coefficient (Wildman–Crippen LogP) is 13.2. The molecule has 0 saturated heterocycles. The summed E-state index contributed by atoms with van der Waals surface area (Å²) in [5.41, 5.74) is 12.3. The maximum atomic E-state index is 6.19. The number of rotatable bonds is 6. The lowest BCUT2D eigenvalue weighted by molar-refractivity contribution is 0.669. The molecule has 0 aliphatic heterocycles. The minimum absolute atomic E-state index is 0.920. The van der Waals surface area contributed by atoms with E-state index in [1.165, 1.54) is 49.5 Å². The van der Waals surface area contributed by atoms with Crippen molar-refractivity contribution < 1.29 is 4.42 Å². The standard InChI is InChI=1S/C46H31NO/c1-4-12-32(13-5-1)33-20-24-38(25-21-33)47(37-16-8-3-9-17-37)39-26-28-40(43(31-39)34-14-6-2-7-15-34)35-22-27-41-36(30-35)23-29-45-46(41)42-18-10-11-19-44(42)48-45/h1-31H. The lowest BCUT2D eigenvalue weighted by Crippen LogP contribution is -2.10. The number of anilines is 3. The van der Waals surface area contributed by atoms with Crippen molar-refractivity contribution in [1.82, 2.24) is 0 Å². The van der Waals surface area contributed by atoms with Crippen LogP contribution in [0.4, 0.5) is 17.1 Å². The van der Waals surface area contributed by atoms with E-state index in [9.17, 15) is 0 Å². The van der Waals surface area contributed by atoms with Crippen LogP contribution in [-0.2, 0) is 0 Å². The SMILES string of the molecule is c1ccc(-c2ccc(N(c3ccccc3)c3ccc(-c4ccc5c(ccc6oc7ccccc7c65)c4)c(-c4ccccc4)c3)cc2)cc1. The van der Waals surface area contributed by atoms with E-state index in [2.05, 4.69) is 181 Å². The molecule has 0 aliphatic carbocycles. The lowest BCUT2D eigenvalue weighted by Gasteiger charge is -2.27. The zero-order chi connectivity index (χ0) is 31.9. The van der Waals surface area contributed by atoms with Crippen LogP contribution in [0, 0.1) is 0 Å². The third-order valence-corrected chi connectivity index (χ3v) is 9.26. The highest BCUT2D eigenvalue weighted by Gasteiger charge is 2.17. The zero-order valence-corrected chi connectivity index (χ0v) is 26.3. The average Bonchev–Trinajstić information content (AvgIpc) is 3.55. The molecule has 0 unspecified atom stereocenters. The molecule has 9 aromatic rings. The quantitative estimate of drug-likeness (QED) is 0.185. The minimum atomic E-state index is 0.920. The zero-order valence-electron chi connectivity index (χ0n) is 26.3. The molecule has 0 bridgehead atoms. The summed E-state index contributed by atoms with van der Waals surface area (Å²) >= 11 is 0. The highest BCUT2D eigenvalue weighted by Crippen LogP contribution is 2.42. The molecule has 0 amide bonds. The van der Waals surface area contributed by atoms with E-state index >= 15 is 0 Å². The molecule has 0 aliphatic rings. The monoisotopic (exact) mass is 613 g/mol. The third kappa shape index (κ3) is 4.92. The molecule has 0 spiro atoms. The van der Waals surface area contributed by atoms with Gasteiger partial charge in [0.05, 0.1) is 0 Å². The topological polar surface area (TPSA) is 16.4 Å². The number of nitrogens with zero attached hydrogens (tertiary/aromatic N) is 1. The number of hydrogen-bond donors (Lipinski definition) is 0. The Morgan fingerprint density at radius 3 is 1.71 bits per heavy atom. The highest BCUT2D eigenvalue weighted by atomic mass is 16.3. The molecule has 0 N–H and O–H groups in total. The van der Waals surface area contributed by atoms with Crippen LogP contribution in [0.1, 0.15) is 0 Å². The van der Waals surface area contributed by atoms with Crippen molar-refractivity contribution in [3.05, 3.63) is 188 Å². The van der Waals surface area contributed by atoms with Gasteiger partial charge in [-0.05, 0) is 98.8 Å². The van der Waals surface area contributed by atoms with Crippen molar-refractivity contribution >= 4 is 49.8 Å². The van der Waals surface area contributed by atoms with Crippen LogP contribution in [-0.4, -0.2) is 0 Å². The second-order valence-corrected chi connectivity index (χ2v) is 12.2. The fourth-order valence-corrected chi connectivity index (χ4v) is 6.96. The summed E-state index contributed by atoms with van der Waals surface area (Å²) in [5, 5.41) is 4.72. The van der Waals surface area contributed by atoms with E-state index in [-0.39, 0.29) is 0 Å². The molecule has 0 radical (unpaired) electrons. The van der Waals surface area contributed by atoms with Crippen LogP contribution >= 0.6 is 0 Å². The van der Waals surface area contributed by atoms with Gasteiger partial charge < -0.3 is 9.32 Å². The Morgan fingerprint density at radius 2 is 0.938 bits per heavy atom. The molecule has 1 aromatic heterocycles. The fraction of sp³-hybridized carbons (Fsp3) is 0. The Labute approximate surface area is 279 Å². The molecule has 1 heterocycles. The summed E-state index contributed by atoms with van der Waals surface area (Å²) in [6.07, 6.45) is 0. The van der Waals surface area contributed by atoms with Crippen LogP contribution in [0.3, 0.4) is 0 Å². The number of hydrogen-bond acceptors (Lipinski definition) is 2. The van der Waals surface area contributed by atoms with Crippen molar-refractivity contribution in [2.24, 2.45) is 0 Å². The van der Waals surface area contributed by atoms with Crippen LogP contribution in [0.5, 0.6) is 0 Å². The molecule has 48 heavy (non-hydrogen) atoms. The lowest BCUT2D eigenvalue weighted by atomic mass is 9.91. The van der Waals surface area contributed by atoms with Crippen LogP contribution in [0.15, 0.2) is 192 Å². The molecule has 226 valence electrons. The first-order valence-corrected chi connectivity index (χ1v) is 16.3. The maximum absolute atomic E-state index is 6.19. The van der Waals surface area contributed by atoms with Gasteiger partial charge in [-0.25, -0.2) is 0 Å². The van der Waals surface area contributed by atoms with Gasteiger partial charge in [0, 0.05) is 27.8 Å². The Kier molecular flexibility index (Phi) is 6.84. The smallest absolute Gasteiger partial charge is 0.136 e. The number of fused-ring (bicyclic) bond motifs is 5. The Hall–Kier alpha value is -6.38. The minimum Gasteiger partial charge on any atom is -0.456 e. The first-order chi connectivity index (χ1) is 23.8. The summed E-state index contributed by atoms with van der Waals surface area (Å²) in [6.45, 7) is 0. The summed E-state index contributed by atoms with van der Waals surface area (Å²) in [6, 6.07) is 67.0. The Balaban J connectivity index is 1.19. The third-order valence-electron chi connectivity index (χ3n) is 9.26. The summed E-state index contributed by atoms with van der Waals surface area (Å²) in [7, 11) is 0. The number of benzene rings is 8. The average molecular weight is 614 g/mol. The van der Waals surface area contributed by atoms with Gasteiger partial charge in [-0.15, -0.1) is 0 Å². The van der Waals surface area contributed by atoms with Crippen molar-refractivity contribution in [3.8, 4) is 33.4 Å². The van der Waals surface area contributed by atoms with Gasteiger partial charge in [0.1, 0.15) is 11.2 Å². The highest BCUT2D eigenvalue weighted by molar-refractivity contribution is 6.19.